The summed E-state index contributed by atoms with van der Waals surface area (Å²) in [7, 11) is -1.80. The summed E-state index contributed by atoms with van der Waals surface area (Å²) in [5.74, 6) is 0.0698. The summed E-state index contributed by atoms with van der Waals surface area (Å²) in [5, 5.41) is 0.247. The fourth-order valence-corrected chi connectivity index (χ4v) is 5.01. The average molecular weight is 263 g/mol. The summed E-state index contributed by atoms with van der Waals surface area (Å²) in [6, 6.07) is 9.48. The molecular weight excluding hydrogens is 238 g/mol. The quantitative estimate of drug-likeness (QED) is 0.792. The van der Waals surface area contributed by atoms with Gasteiger partial charge < -0.3 is 4.98 Å². The van der Waals surface area contributed by atoms with E-state index in [1.165, 1.54) is 0 Å². The van der Waals surface area contributed by atoms with Crippen LogP contribution in [0.3, 0.4) is 0 Å². The van der Waals surface area contributed by atoms with E-state index in [2.05, 4.69) is 38.8 Å². The van der Waals surface area contributed by atoms with Crippen molar-refractivity contribution in [3.05, 3.63) is 35.9 Å². The lowest BCUT2D eigenvalue weighted by Crippen LogP contribution is -2.56. The number of benzene rings is 1. The second-order valence-corrected chi connectivity index (χ2v) is 10.4. The molecule has 1 rings (SSSR count). The monoisotopic (exact) mass is 263 g/mol. The van der Waals surface area contributed by atoms with Crippen molar-refractivity contribution in [3.63, 3.8) is 0 Å². The molecule has 0 radical (unpaired) electrons. The van der Waals surface area contributed by atoms with Gasteiger partial charge in [0.25, 0.3) is 0 Å². The Morgan fingerprint density at radius 2 is 1.67 bits per heavy atom. The van der Waals surface area contributed by atoms with E-state index in [9.17, 15) is 4.79 Å². The van der Waals surface area contributed by atoms with Crippen LogP contribution >= 0.6 is 0 Å². The fourth-order valence-electron chi connectivity index (χ4n) is 2.23. The van der Waals surface area contributed by atoms with Gasteiger partial charge in [-0.2, -0.15) is 0 Å². The van der Waals surface area contributed by atoms with Crippen molar-refractivity contribution in [2.75, 3.05) is 0 Å². The second kappa shape index (κ2) is 5.70. The first-order chi connectivity index (χ1) is 8.36. The minimum atomic E-state index is -1.80. The van der Waals surface area contributed by atoms with Gasteiger partial charge in [-0.1, -0.05) is 64.9 Å². The molecule has 0 aromatic heterocycles. The van der Waals surface area contributed by atoms with Crippen molar-refractivity contribution >= 4 is 14.1 Å². The molecule has 100 valence electrons. The minimum Gasteiger partial charge on any atom is -0.378 e. The highest BCUT2D eigenvalue weighted by Crippen LogP contribution is 2.42. The molecule has 18 heavy (non-hydrogen) atoms. The molecule has 1 amide bonds. The maximum atomic E-state index is 12.3. The predicted octanol–water partition coefficient (Wildman–Crippen LogP) is 4.20. The summed E-state index contributed by atoms with van der Waals surface area (Å²) in [6.45, 7) is 11.2. The first-order valence-electron chi connectivity index (χ1n) is 6.74. The Bertz CT molecular complexity index is 396. The number of hydrogen-bond donors (Lipinski definition) is 1. The summed E-state index contributed by atoms with van der Waals surface area (Å²) >= 11 is 0. The smallest absolute Gasteiger partial charge is 0.243 e. The van der Waals surface area contributed by atoms with E-state index in [0.717, 1.165) is 18.4 Å². The van der Waals surface area contributed by atoms with Crippen molar-refractivity contribution in [2.24, 2.45) is 0 Å². The van der Waals surface area contributed by atoms with Crippen LogP contribution in [0.25, 0.3) is 0 Å². The van der Waals surface area contributed by atoms with Crippen molar-refractivity contribution < 1.29 is 4.79 Å². The highest BCUT2D eigenvalue weighted by Gasteiger charge is 2.41. The van der Waals surface area contributed by atoms with Gasteiger partial charge >= 0.3 is 0 Å². The zero-order valence-electron chi connectivity index (χ0n) is 12.2. The number of hydrogen-bond acceptors (Lipinski definition) is 1. The molecule has 0 aliphatic carbocycles. The Hall–Kier alpha value is -1.09. The molecule has 0 aliphatic rings. The van der Waals surface area contributed by atoms with Gasteiger partial charge in [0.15, 0.2) is 8.24 Å². The molecule has 0 heterocycles. The Kier molecular flexibility index (Phi) is 4.74. The van der Waals surface area contributed by atoms with Gasteiger partial charge in [-0.3, -0.25) is 4.79 Å². The summed E-state index contributed by atoms with van der Waals surface area (Å²) in [5.41, 5.74) is 0.757. The van der Waals surface area contributed by atoms with Crippen LogP contribution in [0.1, 0.15) is 44.0 Å². The van der Waals surface area contributed by atoms with Crippen molar-refractivity contribution in [1.82, 2.24) is 4.98 Å². The van der Waals surface area contributed by atoms with Gasteiger partial charge in [0.1, 0.15) is 0 Å². The standard InChI is InChI=1S/C15H25NOSi/c1-6-15(3,7-2)18(4,5)16-14(17)13-11-9-8-10-12-13/h8-12H,6-7H2,1-5H3,(H,16,17). The third-order valence-corrected chi connectivity index (χ3v) is 9.11. The third-order valence-electron chi connectivity index (χ3n) is 4.53. The van der Waals surface area contributed by atoms with E-state index >= 15 is 0 Å². The molecule has 0 bridgehead atoms. The van der Waals surface area contributed by atoms with Gasteiger partial charge in [0.2, 0.25) is 5.91 Å². The summed E-state index contributed by atoms with van der Waals surface area (Å²) in [4.78, 5) is 15.6. The van der Waals surface area contributed by atoms with Crippen LogP contribution in [0.2, 0.25) is 18.1 Å². The Morgan fingerprint density at radius 3 is 2.11 bits per heavy atom. The lowest BCUT2D eigenvalue weighted by molar-refractivity contribution is 0.0976. The van der Waals surface area contributed by atoms with Crippen LogP contribution in [0.4, 0.5) is 0 Å². The zero-order chi connectivity index (χ0) is 13.8. The van der Waals surface area contributed by atoms with E-state index in [1.807, 2.05) is 30.3 Å². The van der Waals surface area contributed by atoms with Gasteiger partial charge in [-0.05, 0) is 17.2 Å². The number of carbonyl (C=O) groups excluding carboxylic acids is 1. The Labute approximate surface area is 112 Å². The maximum absolute atomic E-state index is 12.3. The Balaban J connectivity index is 2.87. The molecule has 0 fully saturated rings. The van der Waals surface area contributed by atoms with Crippen LogP contribution < -0.4 is 4.98 Å². The van der Waals surface area contributed by atoms with E-state index in [1.54, 1.807) is 0 Å². The summed E-state index contributed by atoms with van der Waals surface area (Å²) < 4.78 is 0. The topological polar surface area (TPSA) is 29.1 Å². The predicted molar refractivity (Wildman–Crippen MR) is 80.3 cm³/mol. The van der Waals surface area contributed by atoms with Crippen molar-refractivity contribution in [1.29, 1.82) is 0 Å². The van der Waals surface area contributed by atoms with E-state index in [4.69, 9.17) is 0 Å². The SMILES string of the molecule is CCC(C)(CC)[Si](C)(C)NC(=O)c1ccccc1. The molecule has 0 aliphatic heterocycles. The van der Waals surface area contributed by atoms with Crippen LogP contribution in [0.15, 0.2) is 30.3 Å². The normalized spacial score (nSPS) is 12.3. The van der Waals surface area contributed by atoms with Crippen LogP contribution in [0.5, 0.6) is 0 Å². The molecule has 1 N–H and O–H groups in total. The van der Waals surface area contributed by atoms with E-state index in [-0.39, 0.29) is 10.9 Å². The number of amides is 1. The van der Waals surface area contributed by atoms with Crippen LogP contribution in [-0.2, 0) is 0 Å². The molecule has 0 unspecified atom stereocenters. The van der Waals surface area contributed by atoms with Crippen LogP contribution in [0, 0.1) is 0 Å². The fraction of sp³-hybridized carbons (Fsp3) is 0.533. The molecule has 3 heteroatoms. The Morgan fingerprint density at radius 1 is 1.17 bits per heavy atom. The molecule has 0 spiro atoms. The first kappa shape index (κ1) is 15.0. The number of nitrogens with one attached hydrogen (secondary N) is 1. The highest BCUT2D eigenvalue weighted by molar-refractivity contribution is 6.80. The number of rotatable bonds is 5. The third kappa shape index (κ3) is 3.02. The summed E-state index contributed by atoms with van der Waals surface area (Å²) in [6.07, 6.45) is 2.22. The van der Waals surface area contributed by atoms with Gasteiger partial charge in [-0.15, -0.1) is 0 Å². The molecular formula is C15H25NOSi. The van der Waals surface area contributed by atoms with Crippen LogP contribution in [-0.4, -0.2) is 14.1 Å². The molecule has 0 atom stereocenters. The van der Waals surface area contributed by atoms with E-state index in [0.29, 0.717) is 0 Å². The second-order valence-electron chi connectivity index (χ2n) is 5.71. The molecule has 2 nitrogen and oxygen atoms in total. The first-order valence-corrected chi connectivity index (χ1v) is 9.74. The van der Waals surface area contributed by atoms with Gasteiger partial charge in [0.05, 0.1) is 0 Å². The molecule has 1 aromatic carbocycles. The van der Waals surface area contributed by atoms with Crippen molar-refractivity contribution in [2.45, 2.75) is 51.7 Å². The van der Waals surface area contributed by atoms with Gasteiger partial charge in [-0.25, -0.2) is 0 Å². The molecule has 0 saturated carbocycles. The maximum Gasteiger partial charge on any atom is 0.243 e. The highest BCUT2D eigenvalue weighted by atomic mass is 28.3. The zero-order valence-corrected chi connectivity index (χ0v) is 13.2. The number of carbonyl (C=O) groups is 1. The lowest BCUT2D eigenvalue weighted by atomic mass is 10.1. The largest absolute Gasteiger partial charge is 0.378 e. The lowest BCUT2D eigenvalue weighted by Gasteiger charge is -2.42. The molecule has 1 aromatic rings. The average Bonchev–Trinajstić information content (AvgIpc) is 2.38. The van der Waals surface area contributed by atoms with Crippen molar-refractivity contribution in [3.8, 4) is 0 Å². The van der Waals surface area contributed by atoms with E-state index < -0.39 is 8.24 Å². The molecule has 0 saturated heterocycles. The minimum absolute atomic E-state index is 0.0698. The van der Waals surface area contributed by atoms with Gasteiger partial charge in [0, 0.05) is 5.56 Å².